The summed E-state index contributed by atoms with van der Waals surface area (Å²) in [5.41, 5.74) is 5.24. The molecule has 0 bridgehead atoms. The zero-order valence-corrected chi connectivity index (χ0v) is 17.5. The van der Waals surface area contributed by atoms with Crippen molar-refractivity contribution in [1.82, 2.24) is 5.43 Å². The summed E-state index contributed by atoms with van der Waals surface area (Å²) in [4.78, 5) is 25.3. The Morgan fingerprint density at radius 1 is 0.871 bits per heavy atom. The Balaban J connectivity index is 1.74. The lowest BCUT2D eigenvalue weighted by atomic mass is 10.1. The lowest BCUT2D eigenvalue weighted by Crippen LogP contribution is -2.21. The van der Waals surface area contributed by atoms with E-state index in [9.17, 15) is 9.59 Å². The van der Waals surface area contributed by atoms with Crippen LogP contribution in [-0.2, 0) is 0 Å². The van der Waals surface area contributed by atoms with E-state index in [-0.39, 0.29) is 5.91 Å². The van der Waals surface area contributed by atoms with Gasteiger partial charge in [0.1, 0.15) is 11.5 Å². The van der Waals surface area contributed by atoms with Crippen molar-refractivity contribution < 1.29 is 19.1 Å². The van der Waals surface area contributed by atoms with Gasteiger partial charge in [-0.2, -0.15) is 5.10 Å². The van der Waals surface area contributed by atoms with Gasteiger partial charge in [0.05, 0.1) is 31.7 Å². The Hall–Kier alpha value is -4.13. The first kappa shape index (κ1) is 21.6. The van der Waals surface area contributed by atoms with Gasteiger partial charge in [0.15, 0.2) is 0 Å². The quantitative estimate of drug-likeness (QED) is 0.449. The molecule has 0 aromatic heterocycles. The smallest absolute Gasteiger partial charge is 0.273 e. The van der Waals surface area contributed by atoms with Gasteiger partial charge in [0.2, 0.25) is 0 Å². The highest BCUT2D eigenvalue weighted by Crippen LogP contribution is 2.23. The number of para-hydroxylation sites is 1. The lowest BCUT2D eigenvalue weighted by molar-refractivity contribution is 0.0956. The predicted octanol–water partition coefficient (Wildman–Crippen LogP) is 4.03. The molecule has 0 radical (unpaired) electrons. The van der Waals surface area contributed by atoms with E-state index in [1.54, 1.807) is 61.7 Å². The number of hydrogen-bond donors (Lipinski definition) is 2. The summed E-state index contributed by atoms with van der Waals surface area (Å²) < 4.78 is 10.5. The van der Waals surface area contributed by atoms with Crippen LogP contribution in [-0.4, -0.2) is 32.2 Å². The molecule has 2 N–H and O–H groups in total. The minimum absolute atomic E-state index is 0.287. The second kappa shape index (κ2) is 10.1. The SMILES string of the molecule is COc1ccc(/C=N\NC(=O)c2ccccc2NC(=O)c2ccccc2C)c(OC)c1. The number of benzene rings is 3. The highest BCUT2D eigenvalue weighted by molar-refractivity contribution is 6.09. The molecule has 3 rings (SSSR count). The number of nitrogens with zero attached hydrogens (tertiary/aromatic N) is 1. The number of anilines is 1. The Morgan fingerprint density at radius 3 is 2.29 bits per heavy atom. The van der Waals surface area contributed by atoms with Crippen LogP contribution in [0.5, 0.6) is 11.5 Å². The zero-order valence-electron chi connectivity index (χ0n) is 17.5. The molecule has 0 aliphatic carbocycles. The first-order valence-corrected chi connectivity index (χ1v) is 9.55. The van der Waals surface area contributed by atoms with Crippen molar-refractivity contribution in [2.24, 2.45) is 5.10 Å². The van der Waals surface area contributed by atoms with E-state index in [2.05, 4.69) is 15.8 Å². The van der Waals surface area contributed by atoms with Crippen LogP contribution < -0.4 is 20.2 Å². The van der Waals surface area contributed by atoms with E-state index in [0.717, 1.165) is 5.56 Å². The summed E-state index contributed by atoms with van der Waals surface area (Å²) in [6.07, 6.45) is 1.48. The van der Waals surface area contributed by atoms with Crippen molar-refractivity contribution in [3.8, 4) is 11.5 Å². The number of amides is 2. The Bertz CT molecular complexity index is 1130. The van der Waals surface area contributed by atoms with Gasteiger partial charge in [-0.3, -0.25) is 9.59 Å². The average molecular weight is 417 g/mol. The fourth-order valence-corrected chi connectivity index (χ4v) is 2.95. The molecular formula is C24H23N3O4. The number of carbonyl (C=O) groups is 2. The van der Waals surface area contributed by atoms with Gasteiger partial charge >= 0.3 is 0 Å². The van der Waals surface area contributed by atoms with Crippen LogP contribution in [0, 0.1) is 6.92 Å². The second-order valence-electron chi connectivity index (χ2n) is 6.62. The van der Waals surface area contributed by atoms with E-state index in [4.69, 9.17) is 9.47 Å². The van der Waals surface area contributed by atoms with Crippen LogP contribution in [0.3, 0.4) is 0 Å². The molecule has 7 heteroatoms. The predicted molar refractivity (Wildman–Crippen MR) is 120 cm³/mol. The molecule has 0 atom stereocenters. The molecule has 0 aliphatic heterocycles. The van der Waals surface area contributed by atoms with Gasteiger partial charge < -0.3 is 14.8 Å². The fourth-order valence-electron chi connectivity index (χ4n) is 2.95. The fraction of sp³-hybridized carbons (Fsp3) is 0.125. The molecule has 0 unspecified atom stereocenters. The summed E-state index contributed by atoms with van der Waals surface area (Å²) in [5.74, 6) is 0.467. The highest BCUT2D eigenvalue weighted by atomic mass is 16.5. The Morgan fingerprint density at radius 2 is 1.58 bits per heavy atom. The first-order valence-electron chi connectivity index (χ1n) is 9.55. The maximum Gasteiger partial charge on any atom is 0.273 e. The van der Waals surface area contributed by atoms with Crippen molar-refractivity contribution in [2.75, 3.05) is 19.5 Å². The molecule has 158 valence electrons. The molecule has 0 saturated carbocycles. The van der Waals surface area contributed by atoms with E-state index in [1.807, 2.05) is 19.1 Å². The largest absolute Gasteiger partial charge is 0.497 e. The molecule has 0 spiro atoms. The molecule has 3 aromatic carbocycles. The van der Waals surface area contributed by atoms with Gasteiger partial charge in [-0.15, -0.1) is 0 Å². The summed E-state index contributed by atoms with van der Waals surface area (Å²) in [7, 11) is 3.11. The number of rotatable bonds is 7. The molecule has 7 nitrogen and oxygen atoms in total. The maximum atomic E-state index is 12.7. The van der Waals surface area contributed by atoms with Crippen LogP contribution in [0.4, 0.5) is 5.69 Å². The van der Waals surface area contributed by atoms with Crippen molar-refractivity contribution in [2.45, 2.75) is 6.92 Å². The van der Waals surface area contributed by atoms with Crippen molar-refractivity contribution in [3.05, 3.63) is 89.0 Å². The third-order valence-electron chi connectivity index (χ3n) is 4.62. The topological polar surface area (TPSA) is 89.0 Å². The minimum Gasteiger partial charge on any atom is -0.497 e. The maximum absolute atomic E-state index is 12.7. The van der Waals surface area contributed by atoms with E-state index >= 15 is 0 Å². The Kier molecular flexibility index (Phi) is 7.01. The van der Waals surface area contributed by atoms with Crippen LogP contribution in [0.1, 0.15) is 31.8 Å². The average Bonchev–Trinajstić information content (AvgIpc) is 2.79. The lowest BCUT2D eigenvalue weighted by Gasteiger charge is -2.11. The van der Waals surface area contributed by atoms with Gasteiger partial charge in [0, 0.05) is 17.2 Å². The van der Waals surface area contributed by atoms with Crippen LogP contribution in [0.15, 0.2) is 71.8 Å². The number of ether oxygens (including phenoxy) is 2. The first-order chi connectivity index (χ1) is 15.0. The van der Waals surface area contributed by atoms with E-state index in [0.29, 0.717) is 33.9 Å². The third-order valence-corrected chi connectivity index (χ3v) is 4.62. The zero-order chi connectivity index (χ0) is 22.2. The highest BCUT2D eigenvalue weighted by Gasteiger charge is 2.15. The Labute approximate surface area is 180 Å². The summed E-state index contributed by atoms with van der Waals surface area (Å²) in [6.45, 7) is 1.86. The molecule has 0 saturated heterocycles. The van der Waals surface area contributed by atoms with Crippen LogP contribution in [0.2, 0.25) is 0 Å². The standard InChI is InChI=1S/C24H23N3O4/c1-16-8-4-5-9-19(16)23(28)26-21-11-7-6-10-20(21)24(29)27-25-15-17-12-13-18(30-2)14-22(17)31-3/h4-15H,1-3H3,(H,26,28)(H,27,29)/b25-15-. The van der Waals surface area contributed by atoms with Crippen LogP contribution in [0.25, 0.3) is 0 Å². The normalized spacial score (nSPS) is 10.5. The number of hydrogen-bond acceptors (Lipinski definition) is 5. The van der Waals surface area contributed by atoms with E-state index in [1.165, 1.54) is 13.3 Å². The molecule has 2 amide bonds. The molecular weight excluding hydrogens is 394 g/mol. The molecule has 31 heavy (non-hydrogen) atoms. The van der Waals surface area contributed by atoms with Gasteiger partial charge in [-0.05, 0) is 42.8 Å². The number of nitrogens with one attached hydrogen (secondary N) is 2. The number of aryl methyl sites for hydroxylation is 1. The van der Waals surface area contributed by atoms with Gasteiger partial charge in [0.25, 0.3) is 11.8 Å². The molecule has 3 aromatic rings. The number of carbonyl (C=O) groups excluding carboxylic acids is 2. The monoisotopic (exact) mass is 417 g/mol. The van der Waals surface area contributed by atoms with Gasteiger partial charge in [-0.1, -0.05) is 30.3 Å². The summed E-state index contributed by atoms with van der Waals surface area (Å²) in [5, 5.41) is 6.82. The van der Waals surface area contributed by atoms with Gasteiger partial charge in [-0.25, -0.2) is 5.43 Å². The summed E-state index contributed by atoms with van der Waals surface area (Å²) >= 11 is 0. The molecule has 0 fully saturated rings. The number of hydrazone groups is 1. The minimum atomic E-state index is -0.454. The van der Waals surface area contributed by atoms with E-state index < -0.39 is 5.91 Å². The summed E-state index contributed by atoms with van der Waals surface area (Å²) in [6, 6.07) is 19.3. The van der Waals surface area contributed by atoms with Crippen LogP contribution >= 0.6 is 0 Å². The third kappa shape index (κ3) is 5.27. The molecule has 0 aliphatic rings. The van der Waals surface area contributed by atoms with Crippen molar-refractivity contribution >= 4 is 23.7 Å². The van der Waals surface area contributed by atoms with Crippen molar-refractivity contribution in [3.63, 3.8) is 0 Å². The second-order valence-corrected chi connectivity index (χ2v) is 6.62. The number of methoxy groups -OCH3 is 2. The molecule has 0 heterocycles. The van der Waals surface area contributed by atoms with Crippen molar-refractivity contribution in [1.29, 1.82) is 0 Å².